The molecule has 23 heavy (non-hydrogen) atoms. The number of carbonyl (C=O) groups is 1. The number of alkyl halides is 3. The second kappa shape index (κ2) is 7.10. The van der Waals surface area contributed by atoms with Gasteiger partial charge in [0.05, 0.1) is 4.90 Å². The van der Waals surface area contributed by atoms with Gasteiger partial charge in [0.25, 0.3) is 5.91 Å². The summed E-state index contributed by atoms with van der Waals surface area (Å²) in [5, 5.41) is 2.74. The molecular weight excluding hydrogens is 353 g/mol. The Morgan fingerprint density at radius 1 is 1.30 bits per heavy atom. The van der Waals surface area contributed by atoms with Gasteiger partial charge < -0.3 is 5.32 Å². The zero-order valence-electron chi connectivity index (χ0n) is 11.9. The first-order chi connectivity index (χ1) is 10.7. The fourth-order valence-corrected chi connectivity index (χ4v) is 3.37. The highest BCUT2D eigenvalue weighted by molar-refractivity contribution is 8.00. The van der Waals surface area contributed by atoms with Gasteiger partial charge in [-0.3, -0.25) is 4.79 Å². The number of hydrogen-bond acceptors (Lipinski definition) is 4. The molecule has 10 heteroatoms. The lowest BCUT2D eigenvalue weighted by atomic mass is 10.2. The minimum atomic E-state index is -4.40. The molecule has 1 fully saturated rings. The summed E-state index contributed by atoms with van der Waals surface area (Å²) in [5.41, 5.74) is -4.20. The highest BCUT2D eigenvalue weighted by Crippen LogP contribution is 2.29. The van der Waals surface area contributed by atoms with Crippen molar-refractivity contribution in [3.8, 4) is 0 Å². The molecule has 1 aliphatic carbocycles. The third kappa shape index (κ3) is 6.04. The van der Waals surface area contributed by atoms with Crippen LogP contribution in [0.5, 0.6) is 0 Å². The van der Waals surface area contributed by atoms with Crippen LogP contribution in [-0.4, -0.2) is 38.2 Å². The molecule has 5 nitrogen and oxygen atoms in total. The summed E-state index contributed by atoms with van der Waals surface area (Å²) in [6.45, 7) is -0.356. The van der Waals surface area contributed by atoms with Crippen LogP contribution in [0, 0.1) is 0 Å². The van der Waals surface area contributed by atoms with Crippen LogP contribution in [0.1, 0.15) is 23.2 Å². The van der Waals surface area contributed by atoms with Crippen LogP contribution in [0.25, 0.3) is 0 Å². The van der Waals surface area contributed by atoms with Gasteiger partial charge in [0.15, 0.2) is 0 Å². The lowest BCUT2D eigenvalue weighted by Gasteiger charge is -2.09. The van der Waals surface area contributed by atoms with Gasteiger partial charge in [0.1, 0.15) is 0 Å². The van der Waals surface area contributed by atoms with Crippen molar-refractivity contribution in [3.05, 3.63) is 29.8 Å². The second-order valence-corrected chi connectivity index (χ2v) is 7.89. The predicted molar refractivity (Wildman–Crippen MR) is 80.6 cm³/mol. The third-order valence-electron chi connectivity index (χ3n) is 2.98. The molecule has 0 radical (unpaired) electrons. The highest BCUT2D eigenvalue weighted by Gasteiger charge is 2.28. The van der Waals surface area contributed by atoms with E-state index >= 15 is 0 Å². The van der Waals surface area contributed by atoms with Gasteiger partial charge in [-0.2, -0.15) is 13.2 Å². The maximum atomic E-state index is 12.0. The van der Waals surface area contributed by atoms with Crippen molar-refractivity contribution in [1.82, 2.24) is 10.0 Å². The van der Waals surface area contributed by atoms with Crippen LogP contribution in [0.3, 0.4) is 0 Å². The van der Waals surface area contributed by atoms with Crippen LogP contribution >= 0.6 is 11.8 Å². The number of sulfonamides is 1. The molecule has 0 spiro atoms. The Bertz CT molecular complexity index is 673. The number of carbonyl (C=O) groups excluding carboxylic acids is 1. The summed E-state index contributed by atoms with van der Waals surface area (Å²) >= 11 is -0.300. The Labute approximate surface area is 136 Å². The van der Waals surface area contributed by atoms with Crippen molar-refractivity contribution >= 4 is 27.7 Å². The second-order valence-electron chi connectivity index (χ2n) is 4.97. The van der Waals surface area contributed by atoms with Crippen LogP contribution in [0.15, 0.2) is 29.2 Å². The first-order valence-electron chi connectivity index (χ1n) is 6.79. The van der Waals surface area contributed by atoms with Gasteiger partial charge in [-0.1, -0.05) is 6.07 Å². The van der Waals surface area contributed by atoms with E-state index in [4.69, 9.17) is 0 Å². The van der Waals surface area contributed by atoms with E-state index in [-0.39, 0.29) is 40.7 Å². The van der Waals surface area contributed by atoms with E-state index in [1.165, 1.54) is 24.3 Å². The summed E-state index contributed by atoms with van der Waals surface area (Å²) in [6, 6.07) is 5.53. The molecule has 1 amide bonds. The summed E-state index contributed by atoms with van der Waals surface area (Å²) in [5.74, 6) is -0.790. The molecule has 1 aromatic carbocycles. The van der Waals surface area contributed by atoms with Crippen molar-refractivity contribution in [2.24, 2.45) is 0 Å². The van der Waals surface area contributed by atoms with Crippen molar-refractivity contribution in [1.29, 1.82) is 0 Å². The first-order valence-corrected chi connectivity index (χ1v) is 9.25. The van der Waals surface area contributed by atoms with E-state index in [9.17, 15) is 26.4 Å². The number of amides is 1. The van der Waals surface area contributed by atoms with Crippen molar-refractivity contribution in [3.63, 3.8) is 0 Å². The van der Waals surface area contributed by atoms with Crippen molar-refractivity contribution in [2.45, 2.75) is 29.3 Å². The molecule has 1 aliphatic rings. The fourth-order valence-electron chi connectivity index (χ4n) is 1.73. The summed E-state index contributed by atoms with van der Waals surface area (Å²) in [4.78, 5) is 11.7. The number of thioether (sulfide) groups is 1. The minimum Gasteiger partial charge on any atom is -0.349 e. The molecule has 0 aliphatic heterocycles. The topological polar surface area (TPSA) is 75.3 Å². The Morgan fingerprint density at radius 3 is 2.61 bits per heavy atom. The Balaban J connectivity index is 1.97. The molecule has 1 aromatic rings. The molecule has 2 N–H and O–H groups in total. The number of nitrogens with one attached hydrogen (secondary N) is 2. The van der Waals surface area contributed by atoms with E-state index in [1.807, 2.05) is 0 Å². The predicted octanol–water partition coefficient (Wildman–Crippen LogP) is 2.11. The van der Waals surface area contributed by atoms with Crippen molar-refractivity contribution in [2.75, 3.05) is 12.3 Å². The maximum absolute atomic E-state index is 12.0. The van der Waals surface area contributed by atoms with E-state index in [0.29, 0.717) is 0 Å². The van der Waals surface area contributed by atoms with Gasteiger partial charge >= 0.3 is 5.51 Å². The molecule has 0 atom stereocenters. The molecule has 0 saturated heterocycles. The van der Waals surface area contributed by atoms with E-state index in [1.54, 1.807) is 0 Å². The Morgan fingerprint density at radius 2 is 2.00 bits per heavy atom. The van der Waals surface area contributed by atoms with Crippen LogP contribution in [0.2, 0.25) is 0 Å². The van der Waals surface area contributed by atoms with E-state index in [0.717, 1.165) is 12.8 Å². The molecule has 0 aromatic heterocycles. The maximum Gasteiger partial charge on any atom is 0.441 e. The number of halogens is 3. The van der Waals surface area contributed by atoms with Crippen LogP contribution in [0.4, 0.5) is 13.2 Å². The van der Waals surface area contributed by atoms with Gasteiger partial charge in [-0.05, 0) is 42.8 Å². The van der Waals surface area contributed by atoms with E-state index < -0.39 is 21.3 Å². The summed E-state index contributed by atoms with van der Waals surface area (Å²) in [7, 11) is -3.96. The number of benzene rings is 1. The zero-order valence-corrected chi connectivity index (χ0v) is 13.5. The van der Waals surface area contributed by atoms with Gasteiger partial charge in [-0.15, -0.1) is 0 Å². The normalized spacial score (nSPS) is 15.4. The molecule has 0 heterocycles. The minimum absolute atomic E-state index is 0.139. The van der Waals surface area contributed by atoms with E-state index in [2.05, 4.69) is 10.0 Å². The smallest absolute Gasteiger partial charge is 0.349 e. The lowest BCUT2D eigenvalue weighted by Crippen LogP contribution is -2.28. The molecule has 2 rings (SSSR count). The standard InChI is InChI=1S/C13H15F3N2O3S2/c14-13(15,16)22-7-6-17-23(20,21)11-3-1-2-9(8-11)12(19)18-10-4-5-10/h1-3,8,10,17H,4-7H2,(H,18,19). The van der Waals surface area contributed by atoms with Crippen LogP contribution < -0.4 is 10.0 Å². The first kappa shape index (κ1) is 18.1. The molecule has 0 bridgehead atoms. The largest absolute Gasteiger partial charge is 0.441 e. The molecule has 128 valence electrons. The average Bonchev–Trinajstić information content (AvgIpc) is 3.27. The third-order valence-corrected chi connectivity index (χ3v) is 5.17. The van der Waals surface area contributed by atoms with Crippen LogP contribution in [-0.2, 0) is 10.0 Å². The van der Waals surface area contributed by atoms with Gasteiger partial charge in [0.2, 0.25) is 10.0 Å². The summed E-state index contributed by atoms with van der Waals surface area (Å²) < 4.78 is 62.1. The average molecular weight is 368 g/mol. The SMILES string of the molecule is O=C(NC1CC1)c1cccc(S(=O)(=O)NCCSC(F)(F)F)c1. The molecular formula is C13H15F3N2O3S2. The Hall–Kier alpha value is -1.26. The molecule has 1 saturated carbocycles. The highest BCUT2D eigenvalue weighted by atomic mass is 32.2. The van der Waals surface area contributed by atoms with Gasteiger partial charge in [-0.25, -0.2) is 13.1 Å². The lowest BCUT2D eigenvalue weighted by molar-refractivity contribution is -0.0327. The Kier molecular flexibility index (Phi) is 5.58. The number of hydrogen-bond donors (Lipinski definition) is 2. The quantitative estimate of drug-likeness (QED) is 0.723. The molecule has 0 unspecified atom stereocenters. The summed E-state index contributed by atoms with van der Waals surface area (Å²) in [6.07, 6.45) is 1.81. The number of rotatable bonds is 7. The van der Waals surface area contributed by atoms with Gasteiger partial charge in [0, 0.05) is 23.9 Å². The zero-order chi connectivity index (χ0) is 17.1. The van der Waals surface area contributed by atoms with Crippen molar-refractivity contribution < 1.29 is 26.4 Å². The monoisotopic (exact) mass is 368 g/mol. The fraction of sp³-hybridized carbons (Fsp3) is 0.462.